The van der Waals surface area contributed by atoms with Crippen LogP contribution >= 0.6 is 0 Å². The van der Waals surface area contributed by atoms with Gasteiger partial charge in [-0.3, -0.25) is 0 Å². The quantitative estimate of drug-likeness (QED) is 0.789. The summed E-state index contributed by atoms with van der Waals surface area (Å²) in [5.74, 6) is 1.55. The molecule has 2 rings (SSSR count). The molecule has 0 aromatic rings. The SMILES string of the molecule is CC(C)CS(=O)(=O)N1C[C@@H]2CNC[C@H](C2)C1. The molecule has 2 aliphatic heterocycles. The lowest BCUT2D eigenvalue weighted by Gasteiger charge is -2.41. The summed E-state index contributed by atoms with van der Waals surface area (Å²) in [4.78, 5) is 0. The number of nitrogens with zero attached hydrogens (tertiary/aromatic N) is 1. The van der Waals surface area contributed by atoms with E-state index in [1.54, 1.807) is 4.31 Å². The highest BCUT2D eigenvalue weighted by Crippen LogP contribution is 2.26. The molecule has 0 aliphatic carbocycles. The molecular formula is C11H22N2O2S. The Balaban J connectivity index is 2.04. The maximum absolute atomic E-state index is 12.1. The molecule has 4 nitrogen and oxygen atoms in total. The van der Waals surface area contributed by atoms with E-state index in [4.69, 9.17) is 0 Å². The fraction of sp³-hybridized carbons (Fsp3) is 1.00. The monoisotopic (exact) mass is 246 g/mol. The second-order valence-electron chi connectivity index (χ2n) is 5.62. The average Bonchev–Trinajstić information content (AvgIpc) is 2.14. The van der Waals surface area contributed by atoms with Crippen LogP contribution < -0.4 is 5.32 Å². The molecule has 0 aromatic carbocycles. The maximum atomic E-state index is 12.1. The van der Waals surface area contributed by atoms with Crippen molar-refractivity contribution in [3.63, 3.8) is 0 Å². The highest BCUT2D eigenvalue weighted by atomic mass is 32.2. The van der Waals surface area contributed by atoms with Crippen molar-refractivity contribution >= 4 is 10.0 Å². The normalized spacial score (nSPS) is 31.9. The van der Waals surface area contributed by atoms with Crippen LogP contribution in [0.2, 0.25) is 0 Å². The molecule has 0 radical (unpaired) electrons. The molecule has 0 spiro atoms. The van der Waals surface area contributed by atoms with Crippen molar-refractivity contribution in [3.8, 4) is 0 Å². The molecule has 0 saturated carbocycles. The second-order valence-corrected chi connectivity index (χ2v) is 7.63. The van der Waals surface area contributed by atoms with Crippen molar-refractivity contribution in [2.24, 2.45) is 17.8 Å². The van der Waals surface area contributed by atoms with E-state index in [9.17, 15) is 8.42 Å². The molecule has 0 unspecified atom stereocenters. The molecule has 16 heavy (non-hydrogen) atoms. The Morgan fingerprint density at radius 1 is 1.25 bits per heavy atom. The Morgan fingerprint density at radius 3 is 2.31 bits per heavy atom. The van der Waals surface area contributed by atoms with Crippen LogP contribution in [-0.2, 0) is 10.0 Å². The molecule has 1 N–H and O–H groups in total. The Kier molecular flexibility index (Phi) is 3.56. The van der Waals surface area contributed by atoms with Crippen molar-refractivity contribution in [1.29, 1.82) is 0 Å². The first kappa shape index (κ1) is 12.3. The van der Waals surface area contributed by atoms with E-state index < -0.39 is 10.0 Å². The first-order chi connectivity index (χ1) is 7.47. The summed E-state index contributed by atoms with van der Waals surface area (Å²) < 4.78 is 26.0. The Morgan fingerprint density at radius 2 is 1.81 bits per heavy atom. The van der Waals surface area contributed by atoms with E-state index in [0.29, 0.717) is 17.6 Å². The van der Waals surface area contributed by atoms with E-state index in [2.05, 4.69) is 5.32 Å². The number of rotatable bonds is 3. The van der Waals surface area contributed by atoms with Crippen molar-refractivity contribution < 1.29 is 8.42 Å². The van der Waals surface area contributed by atoms with Crippen LogP contribution in [0.15, 0.2) is 0 Å². The summed E-state index contributed by atoms with van der Waals surface area (Å²) in [5.41, 5.74) is 0. The summed E-state index contributed by atoms with van der Waals surface area (Å²) in [6.07, 6.45) is 1.20. The van der Waals surface area contributed by atoms with Crippen molar-refractivity contribution in [2.75, 3.05) is 31.9 Å². The third-order valence-corrected chi connectivity index (χ3v) is 5.57. The van der Waals surface area contributed by atoms with Gasteiger partial charge < -0.3 is 5.32 Å². The molecule has 2 bridgehead atoms. The predicted octanol–water partition coefficient (Wildman–Crippen LogP) is 0.513. The molecule has 5 heteroatoms. The lowest BCUT2D eigenvalue weighted by Crippen LogP contribution is -2.53. The first-order valence-electron chi connectivity index (χ1n) is 6.16. The van der Waals surface area contributed by atoms with Crippen LogP contribution in [0, 0.1) is 17.8 Å². The van der Waals surface area contributed by atoms with Crippen molar-refractivity contribution in [3.05, 3.63) is 0 Å². The number of fused-ring (bicyclic) bond motifs is 2. The van der Waals surface area contributed by atoms with Gasteiger partial charge in [0.2, 0.25) is 10.0 Å². The van der Waals surface area contributed by atoms with Gasteiger partial charge in [0, 0.05) is 13.1 Å². The van der Waals surface area contributed by atoms with Crippen molar-refractivity contribution in [2.45, 2.75) is 20.3 Å². The lowest BCUT2D eigenvalue weighted by atomic mass is 9.87. The third kappa shape index (κ3) is 2.76. The van der Waals surface area contributed by atoms with Gasteiger partial charge in [0.05, 0.1) is 5.75 Å². The first-order valence-corrected chi connectivity index (χ1v) is 7.77. The molecule has 94 valence electrons. The second kappa shape index (κ2) is 4.63. The minimum atomic E-state index is -3.02. The topological polar surface area (TPSA) is 49.4 Å². The predicted molar refractivity (Wildman–Crippen MR) is 64.7 cm³/mol. The average molecular weight is 246 g/mol. The molecule has 2 aliphatic rings. The van der Waals surface area contributed by atoms with Crippen LogP contribution in [-0.4, -0.2) is 44.7 Å². The van der Waals surface area contributed by atoms with Gasteiger partial charge in [-0.15, -0.1) is 0 Å². The van der Waals surface area contributed by atoms with Gasteiger partial charge in [-0.2, -0.15) is 0 Å². The van der Waals surface area contributed by atoms with E-state index in [1.807, 2.05) is 13.8 Å². The Labute approximate surface area is 98.4 Å². The van der Waals surface area contributed by atoms with Gasteiger partial charge in [-0.1, -0.05) is 13.8 Å². The number of nitrogens with one attached hydrogen (secondary N) is 1. The fourth-order valence-electron chi connectivity index (χ4n) is 2.81. The standard InChI is InChI=1S/C11H22N2O2S/c1-9(2)8-16(14,15)13-6-10-3-11(7-13)5-12-4-10/h9-12H,3-8H2,1-2H3/t10-,11-/m0/s1. The van der Waals surface area contributed by atoms with Gasteiger partial charge >= 0.3 is 0 Å². The van der Waals surface area contributed by atoms with Gasteiger partial charge in [-0.25, -0.2) is 12.7 Å². The maximum Gasteiger partial charge on any atom is 0.214 e. The molecule has 2 atom stereocenters. The minimum Gasteiger partial charge on any atom is -0.316 e. The molecule has 2 heterocycles. The van der Waals surface area contributed by atoms with Crippen LogP contribution in [0.5, 0.6) is 0 Å². The zero-order valence-corrected chi connectivity index (χ0v) is 11.0. The highest BCUT2D eigenvalue weighted by molar-refractivity contribution is 7.89. The molecular weight excluding hydrogens is 224 g/mol. The van der Waals surface area contributed by atoms with Crippen molar-refractivity contribution in [1.82, 2.24) is 9.62 Å². The summed E-state index contributed by atoms with van der Waals surface area (Å²) in [6, 6.07) is 0. The van der Waals surface area contributed by atoms with Gasteiger partial charge in [0.1, 0.15) is 0 Å². The number of hydrogen-bond acceptors (Lipinski definition) is 3. The van der Waals surface area contributed by atoms with E-state index in [0.717, 1.165) is 26.2 Å². The Hall–Kier alpha value is -0.130. The third-order valence-electron chi connectivity index (χ3n) is 3.39. The van der Waals surface area contributed by atoms with Crippen LogP contribution in [0.25, 0.3) is 0 Å². The summed E-state index contributed by atoms with van der Waals surface area (Å²) in [5, 5.41) is 3.38. The summed E-state index contributed by atoms with van der Waals surface area (Å²) in [7, 11) is -3.02. The fourth-order valence-corrected chi connectivity index (χ4v) is 4.74. The van der Waals surface area contributed by atoms with E-state index >= 15 is 0 Å². The smallest absolute Gasteiger partial charge is 0.214 e. The van der Waals surface area contributed by atoms with Crippen LogP contribution in [0.3, 0.4) is 0 Å². The zero-order valence-electron chi connectivity index (χ0n) is 10.1. The van der Waals surface area contributed by atoms with Crippen LogP contribution in [0.4, 0.5) is 0 Å². The molecule has 2 saturated heterocycles. The van der Waals surface area contributed by atoms with E-state index in [-0.39, 0.29) is 5.92 Å². The number of sulfonamides is 1. The number of piperidine rings is 2. The largest absolute Gasteiger partial charge is 0.316 e. The highest BCUT2D eigenvalue weighted by Gasteiger charge is 2.35. The number of hydrogen-bond donors (Lipinski definition) is 1. The minimum absolute atomic E-state index is 0.213. The molecule has 2 fully saturated rings. The lowest BCUT2D eigenvalue weighted by molar-refractivity contribution is 0.158. The Bertz CT molecular complexity index is 328. The summed E-state index contributed by atoms with van der Waals surface area (Å²) >= 11 is 0. The van der Waals surface area contributed by atoms with Gasteiger partial charge in [0.25, 0.3) is 0 Å². The molecule has 0 aromatic heterocycles. The van der Waals surface area contributed by atoms with Crippen LogP contribution in [0.1, 0.15) is 20.3 Å². The van der Waals surface area contributed by atoms with E-state index in [1.165, 1.54) is 6.42 Å². The van der Waals surface area contributed by atoms with Gasteiger partial charge in [0.15, 0.2) is 0 Å². The molecule has 0 amide bonds. The summed E-state index contributed by atoms with van der Waals surface area (Å²) in [6.45, 7) is 7.32. The zero-order chi connectivity index (χ0) is 11.8. The van der Waals surface area contributed by atoms with Gasteiger partial charge in [-0.05, 0) is 37.3 Å².